The Balaban J connectivity index is 1.47. The Morgan fingerprint density at radius 2 is 1.96 bits per heavy atom. The van der Waals surface area contributed by atoms with Crippen LogP contribution in [0.2, 0.25) is 0 Å². The van der Waals surface area contributed by atoms with E-state index in [4.69, 9.17) is 0 Å². The molecule has 4 nitrogen and oxygen atoms in total. The summed E-state index contributed by atoms with van der Waals surface area (Å²) in [5.41, 5.74) is 3.34. The van der Waals surface area contributed by atoms with Crippen molar-refractivity contribution in [2.24, 2.45) is 0 Å². The first-order valence-corrected chi connectivity index (χ1v) is 8.20. The monoisotopic (exact) mass is 323 g/mol. The van der Waals surface area contributed by atoms with Gasteiger partial charge in [-0.1, -0.05) is 12.1 Å². The zero-order valence-electron chi connectivity index (χ0n) is 13.2. The number of carbonyl (C=O) groups is 1. The summed E-state index contributed by atoms with van der Waals surface area (Å²) < 4.78 is 13.8. The van der Waals surface area contributed by atoms with Gasteiger partial charge in [0, 0.05) is 30.9 Å². The molecule has 1 fully saturated rings. The van der Waals surface area contributed by atoms with Gasteiger partial charge in [-0.25, -0.2) is 4.39 Å². The second-order valence-corrected chi connectivity index (χ2v) is 6.21. The van der Waals surface area contributed by atoms with Crippen LogP contribution in [0.25, 0.3) is 11.0 Å². The van der Waals surface area contributed by atoms with Gasteiger partial charge in [0.05, 0.1) is 16.6 Å². The van der Waals surface area contributed by atoms with Gasteiger partial charge in [-0.05, 0) is 43.2 Å². The van der Waals surface area contributed by atoms with Crippen LogP contribution >= 0.6 is 0 Å². The molecule has 0 aliphatic carbocycles. The van der Waals surface area contributed by atoms with Gasteiger partial charge >= 0.3 is 0 Å². The highest BCUT2D eigenvalue weighted by atomic mass is 19.1. The first-order valence-electron chi connectivity index (χ1n) is 8.20. The molecule has 1 saturated heterocycles. The molecule has 24 heavy (non-hydrogen) atoms. The number of nitrogens with zero attached hydrogens (tertiary/aromatic N) is 2. The van der Waals surface area contributed by atoms with Gasteiger partial charge in [-0.15, -0.1) is 0 Å². The highest BCUT2D eigenvalue weighted by Gasteiger charge is 2.26. The molecule has 3 heterocycles. The summed E-state index contributed by atoms with van der Waals surface area (Å²) >= 11 is 0. The normalized spacial score (nSPS) is 15.8. The number of carbonyl (C=O) groups excluding carboxylic acids is 1. The van der Waals surface area contributed by atoms with Crippen LogP contribution in [-0.2, 0) is 0 Å². The van der Waals surface area contributed by atoms with Crippen molar-refractivity contribution in [1.29, 1.82) is 0 Å². The smallest absolute Gasteiger partial charge is 0.256 e. The average molecular weight is 323 g/mol. The summed E-state index contributed by atoms with van der Waals surface area (Å²) in [7, 11) is 0. The maximum absolute atomic E-state index is 13.8. The van der Waals surface area contributed by atoms with Crippen molar-refractivity contribution < 1.29 is 9.18 Å². The zero-order valence-corrected chi connectivity index (χ0v) is 13.2. The zero-order chi connectivity index (χ0) is 16.5. The van der Waals surface area contributed by atoms with E-state index in [9.17, 15) is 9.18 Å². The number of nitrogens with one attached hydrogen (secondary N) is 1. The quantitative estimate of drug-likeness (QED) is 0.781. The maximum Gasteiger partial charge on any atom is 0.256 e. The number of pyridine rings is 1. The van der Waals surface area contributed by atoms with Gasteiger partial charge in [0.1, 0.15) is 5.82 Å². The lowest BCUT2D eigenvalue weighted by molar-refractivity contribution is 0.0707. The van der Waals surface area contributed by atoms with Crippen LogP contribution in [0.3, 0.4) is 0 Å². The van der Waals surface area contributed by atoms with Crippen molar-refractivity contribution in [3.05, 3.63) is 65.7 Å². The lowest BCUT2D eigenvalue weighted by atomic mass is 9.93. The number of hydrogen-bond donors (Lipinski definition) is 1. The molecule has 0 bridgehead atoms. The molecule has 4 rings (SSSR count). The molecule has 0 radical (unpaired) electrons. The van der Waals surface area contributed by atoms with Crippen LogP contribution in [0, 0.1) is 5.82 Å². The molecule has 5 heteroatoms. The van der Waals surface area contributed by atoms with Crippen molar-refractivity contribution in [3.63, 3.8) is 0 Å². The van der Waals surface area contributed by atoms with Gasteiger partial charge < -0.3 is 9.88 Å². The minimum atomic E-state index is -0.452. The number of rotatable bonds is 2. The standard InChI is InChI=1S/C19H18FN3O/c20-15-5-2-1-4-14(15)19(24)23-10-7-13(8-11-23)17-12-18-16(22-17)6-3-9-21-18/h1-6,9,12-13,22H,7-8,10-11H2. The molecule has 0 spiro atoms. The Morgan fingerprint density at radius 1 is 1.17 bits per heavy atom. The fourth-order valence-electron chi connectivity index (χ4n) is 3.40. The Labute approximate surface area is 139 Å². The number of amides is 1. The number of hydrogen-bond acceptors (Lipinski definition) is 2. The molecule has 1 aliphatic rings. The molecule has 1 N–H and O–H groups in total. The van der Waals surface area contributed by atoms with E-state index in [1.807, 2.05) is 12.1 Å². The van der Waals surface area contributed by atoms with Crippen molar-refractivity contribution in [3.8, 4) is 0 Å². The summed E-state index contributed by atoms with van der Waals surface area (Å²) in [6.07, 6.45) is 3.52. The number of aromatic nitrogens is 2. The van der Waals surface area contributed by atoms with Gasteiger partial charge in [0.25, 0.3) is 5.91 Å². The first-order chi connectivity index (χ1) is 11.7. The van der Waals surface area contributed by atoms with Gasteiger partial charge in [0.2, 0.25) is 0 Å². The third-order valence-electron chi connectivity index (χ3n) is 4.74. The predicted molar refractivity (Wildman–Crippen MR) is 90.4 cm³/mol. The number of piperidine rings is 1. The Hall–Kier alpha value is -2.69. The fourth-order valence-corrected chi connectivity index (χ4v) is 3.40. The minimum absolute atomic E-state index is 0.158. The molecule has 122 valence electrons. The Kier molecular flexibility index (Phi) is 3.76. The van der Waals surface area contributed by atoms with E-state index in [1.54, 1.807) is 29.3 Å². The van der Waals surface area contributed by atoms with E-state index in [0.29, 0.717) is 19.0 Å². The van der Waals surface area contributed by atoms with E-state index in [2.05, 4.69) is 16.0 Å². The van der Waals surface area contributed by atoms with E-state index in [-0.39, 0.29) is 11.5 Å². The molecule has 3 aromatic rings. The lowest BCUT2D eigenvalue weighted by Crippen LogP contribution is -2.38. The number of benzene rings is 1. The first kappa shape index (κ1) is 14.9. The Morgan fingerprint density at radius 3 is 2.71 bits per heavy atom. The van der Waals surface area contributed by atoms with Crippen molar-refractivity contribution >= 4 is 16.9 Å². The van der Waals surface area contributed by atoms with Crippen LogP contribution in [0.4, 0.5) is 4.39 Å². The topological polar surface area (TPSA) is 49.0 Å². The fraction of sp³-hybridized carbons (Fsp3) is 0.263. The van der Waals surface area contributed by atoms with E-state index >= 15 is 0 Å². The molecule has 1 aromatic carbocycles. The molecule has 0 unspecified atom stereocenters. The predicted octanol–water partition coefficient (Wildman–Crippen LogP) is 3.72. The summed E-state index contributed by atoms with van der Waals surface area (Å²) in [5, 5.41) is 0. The second kappa shape index (κ2) is 6.07. The highest BCUT2D eigenvalue weighted by Crippen LogP contribution is 2.30. The van der Waals surface area contributed by atoms with E-state index in [1.165, 1.54) is 11.8 Å². The highest BCUT2D eigenvalue weighted by molar-refractivity contribution is 5.94. The lowest BCUT2D eigenvalue weighted by Gasteiger charge is -2.31. The number of aromatic amines is 1. The third kappa shape index (κ3) is 2.66. The van der Waals surface area contributed by atoms with Crippen molar-refractivity contribution in [2.45, 2.75) is 18.8 Å². The third-order valence-corrected chi connectivity index (χ3v) is 4.74. The maximum atomic E-state index is 13.8. The molecular formula is C19H18FN3O. The summed E-state index contributed by atoms with van der Waals surface area (Å²) in [6.45, 7) is 1.28. The van der Waals surface area contributed by atoms with Gasteiger partial charge in [-0.2, -0.15) is 0 Å². The largest absolute Gasteiger partial charge is 0.357 e. The SMILES string of the molecule is O=C(c1ccccc1F)N1CCC(c2cc3ncccc3[nH]2)CC1. The van der Waals surface area contributed by atoms with Gasteiger partial charge in [-0.3, -0.25) is 9.78 Å². The number of likely N-dealkylation sites (tertiary alicyclic amines) is 1. The summed E-state index contributed by atoms with van der Waals surface area (Å²) in [6, 6.07) is 12.2. The van der Waals surface area contributed by atoms with E-state index in [0.717, 1.165) is 23.9 Å². The summed E-state index contributed by atoms with van der Waals surface area (Å²) in [4.78, 5) is 22.0. The van der Waals surface area contributed by atoms with Crippen LogP contribution in [-0.4, -0.2) is 33.9 Å². The Bertz CT molecular complexity index is 848. The van der Waals surface area contributed by atoms with Gasteiger partial charge in [0.15, 0.2) is 0 Å². The van der Waals surface area contributed by atoms with E-state index < -0.39 is 5.82 Å². The summed E-state index contributed by atoms with van der Waals surface area (Å²) in [5.74, 6) is -0.292. The van der Waals surface area contributed by atoms with Crippen LogP contribution < -0.4 is 0 Å². The molecule has 1 aliphatic heterocycles. The molecule has 2 aromatic heterocycles. The van der Waals surface area contributed by atoms with Crippen molar-refractivity contribution in [2.75, 3.05) is 13.1 Å². The van der Waals surface area contributed by atoms with Crippen LogP contribution in [0.5, 0.6) is 0 Å². The second-order valence-electron chi connectivity index (χ2n) is 6.21. The molecular weight excluding hydrogens is 305 g/mol. The van der Waals surface area contributed by atoms with Crippen molar-refractivity contribution in [1.82, 2.24) is 14.9 Å². The number of halogens is 1. The average Bonchev–Trinajstić information content (AvgIpc) is 3.06. The van der Waals surface area contributed by atoms with Crippen LogP contribution in [0.15, 0.2) is 48.7 Å². The number of H-pyrrole nitrogens is 1. The number of fused-ring (bicyclic) bond motifs is 1. The minimum Gasteiger partial charge on any atom is -0.357 e. The molecule has 0 atom stereocenters. The molecule has 1 amide bonds. The molecule has 0 saturated carbocycles. The van der Waals surface area contributed by atoms with Crippen LogP contribution in [0.1, 0.15) is 34.8 Å².